The minimum Gasteiger partial charge on any atom is -0.479 e. The smallest absolute Gasteiger partial charge is 0.334 e. The second kappa shape index (κ2) is 6.02. The van der Waals surface area contributed by atoms with Gasteiger partial charge in [0.1, 0.15) is 5.69 Å². The van der Waals surface area contributed by atoms with E-state index in [1.54, 1.807) is 12.4 Å². The Morgan fingerprint density at radius 1 is 1.43 bits per heavy atom. The molecule has 1 unspecified atom stereocenters. The molecule has 1 aliphatic rings. The lowest BCUT2D eigenvalue weighted by atomic mass is 10.2. The summed E-state index contributed by atoms with van der Waals surface area (Å²) in [5.41, 5.74) is 1.68. The number of pyridine rings is 1. The van der Waals surface area contributed by atoms with Gasteiger partial charge in [-0.1, -0.05) is 5.16 Å². The van der Waals surface area contributed by atoms with Crippen LogP contribution in [0.3, 0.4) is 0 Å². The molecule has 110 valence electrons. The van der Waals surface area contributed by atoms with E-state index in [4.69, 9.17) is 14.4 Å². The molecule has 0 amide bonds. The fourth-order valence-electron chi connectivity index (χ4n) is 2.26. The zero-order chi connectivity index (χ0) is 14.7. The van der Waals surface area contributed by atoms with Gasteiger partial charge >= 0.3 is 5.97 Å². The van der Waals surface area contributed by atoms with Gasteiger partial charge in [0.15, 0.2) is 11.9 Å². The van der Waals surface area contributed by atoms with Crippen LogP contribution in [-0.4, -0.2) is 51.9 Å². The van der Waals surface area contributed by atoms with Crippen molar-refractivity contribution in [1.82, 2.24) is 15.0 Å². The molecule has 21 heavy (non-hydrogen) atoms. The summed E-state index contributed by atoms with van der Waals surface area (Å²) in [6.07, 6.45) is 2.62. The number of ether oxygens (including phenoxy) is 1. The molecular weight excluding hydrogens is 274 g/mol. The van der Waals surface area contributed by atoms with Crippen LogP contribution in [-0.2, 0) is 16.1 Å². The number of hydrogen-bond acceptors (Lipinski definition) is 6. The predicted octanol–water partition coefficient (Wildman–Crippen LogP) is 1.02. The van der Waals surface area contributed by atoms with Crippen molar-refractivity contribution < 1.29 is 19.2 Å². The minimum atomic E-state index is -0.935. The summed E-state index contributed by atoms with van der Waals surface area (Å²) < 4.78 is 10.5. The molecule has 0 bridgehead atoms. The van der Waals surface area contributed by atoms with E-state index in [1.165, 1.54) is 0 Å². The number of nitrogens with zero attached hydrogens (tertiary/aromatic N) is 3. The lowest BCUT2D eigenvalue weighted by Crippen LogP contribution is -2.45. The first-order chi connectivity index (χ1) is 10.2. The van der Waals surface area contributed by atoms with Crippen molar-refractivity contribution in [3.63, 3.8) is 0 Å². The van der Waals surface area contributed by atoms with Crippen LogP contribution >= 0.6 is 0 Å². The van der Waals surface area contributed by atoms with E-state index in [9.17, 15) is 4.79 Å². The molecule has 7 nitrogen and oxygen atoms in total. The zero-order valence-electron chi connectivity index (χ0n) is 11.3. The first-order valence-corrected chi connectivity index (χ1v) is 6.65. The van der Waals surface area contributed by atoms with E-state index in [0.717, 1.165) is 11.3 Å². The largest absolute Gasteiger partial charge is 0.479 e. The molecule has 0 aromatic carbocycles. The van der Waals surface area contributed by atoms with Crippen LogP contribution in [0.4, 0.5) is 0 Å². The molecular formula is C14H15N3O4. The van der Waals surface area contributed by atoms with Gasteiger partial charge in [-0.25, -0.2) is 4.79 Å². The highest BCUT2D eigenvalue weighted by molar-refractivity contribution is 5.72. The molecule has 3 heterocycles. The first-order valence-electron chi connectivity index (χ1n) is 6.65. The standard InChI is InChI=1S/C14H15N3O4/c18-14(19)13-9-17(5-6-20-13)8-11-7-12(16-21-11)10-1-3-15-4-2-10/h1-4,7,13H,5-6,8-9H2,(H,18,19). The lowest BCUT2D eigenvalue weighted by molar-refractivity contribution is -0.156. The Balaban J connectivity index is 1.66. The van der Waals surface area contributed by atoms with E-state index in [1.807, 2.05) is 23.1 Å². The van der Waals surface area contributed by atoms with Gasteiger partial charge in [-0.05, 0) is 12.1 Å². The normalized spacial score (nSPS) is 19.5. The average molecular weight is 289 g/mol. The summed E-state index contributed by atoms with van der Waals surface area (Å²) in [4.78, 5) is 16.9. The number of morpholine rings is 1. The number of carboxylic acid groups (broad SMARTS) is 1. The Morgan fingerprint density at radius 2 is 2.24 bits per heavy atom. The molecule has 1 N–H and O–H groups in total. The van der Waals surface area contributed by atoms with Gasteiger partial charge in [-0.3, -0.25) is 9.88 Å². The van der Waals surface area contributed by atoms with Crippen LogP contribution in [0.15, 0.2) is 35.1 Å². The van der Waals surface area contributed by atoms with Crippen molar-refractivity contribution >= 4 is 5.97 Å². The summed E-state index contributed by atoms with van der Waals surface area (Å²) in [5, 5.41) is 13.0. The minimum absolute atomic E-state index is 0.348. The molecule has 0 radical (unpaired) electrons. The van der Waals surface area contributed by atoms with Gasteiger partial charge in [0.2, 0.25) is 0 Å². The molecule has 2 aromatic heterocycles. The van der Waals surface area contributed by atoms with Crippen LogP contribution in [0.1, 0.15) is 5.76 Å². The third kappa shape index (κ3) is 3.26. The van der Waals surface area contributed by atoms with Gasteiger partial charge < -0.3 is 14.4 Å². The fourth-order valence-corrected chi connectivity index (χ4v) is 2.26. The lowest BCUT2D eigenvalue weighted by Gasteiger charge is -2.29. The Labute approximate surface area is 121 Å². The highest BCUT2D eigenvalue weighted by Crippen LogP contribution is 2.19. The monoisotopic (exact) mass is 289 g/mol. The van der Waals surface area contributed by atoms with Crippen LogP contribution in [0.25, 0.3) is 11.3 Å². The Hall–Kier alpha value is -2.25. The molecule has 3 rings (SSSR count). The van der Waals surface area contributed by atoms with Crippen LogP contribution in [0, 0.1) is 0 Å². The zero-order valence-corrected chi connectivity index (χ0v) is 11.3. The quantitative estimate of drug-likeness (QED) is 0.898. The number of carbonyl (C=O) groups is 1. The predicted molar refractivity (Wildman–Crippen MR) is 72.4 cm³/mol. The van der Waals surface area contributed by atoms with Crippen molar-refractivity contribution in [3.05, 3.63) is 36.4 Å². The third-order valence-corrected chi connectivity index (χ3v) is 3.34. The molecule has 1 fully saturated rings. The summed E-state index contributed by atoms with van der Waals surface area (Å²) in [6.45, 7) is 1.95. The SMILES string of the molecule is O=C(O)C1CN(Cc2cc(-c3ccncc3)no2)CCO1. The maximum absolute atomic E-state index is 10.9. The summed E-state index contributed by atoms with van der Waals surface area (Å²) in [6, 6.07) is 5.58. The van der Waals surface area contributed by atoms with Crippen LogP contribution < -0.4 is 0 Å². The van der Waals surface area contributed by atoms with E-state index in [2.05, 4.69) is 10.1 Å². The Kier molecular flexibility index (Phi) is 3.94. The van der Waals surface area contributed by atoms with Crippen LogP contribution in [0.2, 0.25) is 0 Å². The number of hydrogen-bond donors (Lipinski definition) is 1. The molecule has 7 heteroatoms. The second-order valence-corrected chi connectivity index (χ2v) is 4.85. The fraction of sp³-hybridized carbons (Fsp3) is 0.357. The molecule has 0 saturated carbocycles. The summed E-state index contributed by atoms with van der Waals surface area (Å²) >= 11 is 0. The third-order valence-electron chi connectivity index (χ3n) is 3.34. The Bertz CT molecular complexity index is 614. The van der Waals surface area contributed by atoms with E-state index >= 15 is 0 Å². The number of carboxylic acids is 1. The number of rotatable bonds is 4. The summed E-state index contributed by atoms with van der Waals surface area (Å²) in [5.74, 6) is -0.234. The maximum Gasteiger partial charge on any atom is 0.334 e. The van der Waals surface area contributed by atoms with Crippen LogP contribution in [0.5, 0.6) is 0 Å². The van der Waals surface area contributed by atoms with Crippen molar-refractivity contribution in [3.8, 4) is 11.3 Å². The molecule has 1 aliphatic heterocycles. The molecule has 1 atom stereocenters. The first kappa shape index (κ1) is 13.7. The van der Waals surface area contributed by atoms with Crippen molar-refractivity contribution in [2.75, 3.05) is 19.7 Å². The molecule has 1 saturated heterocycles. The highest BCUT2D eigenvalue weighted by Gasteiger charge is 2.26. The van der Waals surface area contributed by atoms with Gasteiger partial charge in [0, 0.05) is 37.1 Å². The average Bonchev–Trinajstić information content (AvgIpc) is 2.97. The van der Waals surface area contributed by atoms with Crippen molar-refractivity contribution in [2.24, 2.45) is 0 Å². The summed E-state index contributed by atoms with van der Waals surface area (Å²) in [7, 11) is 0. The Morgan fingerprint density at radius 3 is 3.00 bits per heavy atom. The van der Waals surface area contributed by atoms with Crippen molar-refractivity contribution in [1.29, 1.82) is 0 Å². The van der Waals surface area contributed by atoms with Gasteiger partial charge in [0.05, 0.1) is 13.2 Å². The van der Waals surface area contributed by atoms with Crippen molar-refractivity contribution in [2.45, 2.75) is 12.6 Å². The van der Waals surface area contributed by atoms with E-state index in [-0.39, 0.29) is 0 Å². The van der Waals surface area contributed by atoms with Gasteiger partial charge in [-0.15, -0.1) is 0 Å². The molecule has 2 aromatic rings. The number of aliphatic carboxylic acids is 1. The highest BCUT2D eigenvalue weighted by atomic mass is 16.5. The topological polar surface area (TPSA) is 88.7 Å². The number of aromatic nitrogens is 2. The molecule has 0 spiro atoms. The van der Waals surface area contributed by atoms with E-state index < -0.39 is 12.1 Å². The maximum atomic E-state index is 10.9. The van der Waals surface area contributed by atoms with Gasteiger partial charge in [0.25, 0.3) is 0 Å². The van der Waals surface area contributed by atoms with Gasteiger partial charge in [-0.2, -0.15) is 0 Å². The second-order valence-electron chi connectivity index (χ2n) is 4.85. The molecule has 0 aliphatic carbocycles. The van der Waals surface area contributed by atoms with E-state index in [0.29, 0.717) is 32.0 Å².